The monoisotopic (exact) mass is 139 g/mol. The van der Waals surface area contributed by atoms with Gasteiger partial charge in [0.2, 0.25) is 0 Å². The van der Waals surface area contributed by atoms with Crippen molar-refractivity contribution in [1.29, 1.82) is 0 Å². The summed E-state index contributed by atoms with van der Waals surface area (Å²) < 4.78 is 4.93. The fourth-order valence-electron chi connectivity index (χ4n) is 0.672. The molecule has 0 radical (unpaired) electrons. The standard InChI is InChI=1S/C7H9NO2/c1-5(9)6-2-7(3-8)10-4-6/h2,4H,3,8H2,1H3. The van der Waals surface area contributed by atoms with Crippen LogP contribution in [0.5, 0.6) is 0 Å². The fraction of sp³-hybridized carbons (Fsp3) is 0.286. The van der Waals surface area contributed by atoms with Gasteiger partial charge in [-0.1, -0.05) is 0 Å². The highest BCUT2D eigenvalue weighted by Gasteiger charge is 2.02. The third-order valence-electron chi connectivity index (χ3n) is 1.26. The molecule has 1 heterocycles. The lowest BCUT2D eigenvalue weighted by Crippen LogP contribution is -1.93. The Morgan fingerprint density at radius 2 is 2.50 bits per heavy atom. The van der Waals surface area contributed by atoms with E-state index < -0.39 is 0 Å². The molecular weight excluding hydrogens is 130 g/mol. The van der Waals surface area contributed by atoms with Gasteiger partial charge in [0.25, 0.3) is 0 Å². The van der Waals surface area contributed by atoms with Gasteiger partial charge in [-0.25, -0.2) is 0 Å². The summed E-state index contributed by atoms with van der Waals surface area (Å²) in [5, 5.41) is 0. The van der Waals surface area contributed by atoms with Gasteiger partial charge >= 0.3 is 0 Å². The Labute approximate surface area is 58.8 Å². The third kappa shape index (κ3) is 1.25. The second kappa shape index (κ2) is 2.66. The van der Waals surface area contributed by atoms with Crippen LogP contribution >= 0.6 is 0 Å². The lowest BCUT2D eigenvalue weighted by Gasteiger charge is -1.81. The van der Waals surface area contributed by atoms with Crippen molar-refractivity contribution in [3.05, 3.63) is 23.7 Å². The highest BCUT2D eigenvalue weighted by atomic mass is 16.3. The summed E-state index contributed by atoms with van der Waals surface area (Å²) in [6, 6.07) is 1.66. The van der Waals surface area contributed by atoms with E-state index in [0.717, 1.165) is 0 Å². The molecule has 0 unspecified atom stereocenters. The number of hydrogen-bond acceptors (Lipinski definition) is 3. The maximum absolute atomic E-state index is 10.7. The normalized spacial score (nSPS) is 9.80. The van der Waals surface area contributed by atoms with Crippen LogP contribution in [-0.2, 0) is 6.54 Å². The Kier molecular flexibility index (Phi) is 1.87. The maximum Gasteiger partial charge on any atom is 0.163 e. The number of nitrogens with two attached hydrogens (primary N) is 1. The molecule has 0 spiro atoms. The van der Waals surface area contributed by atoms with Crippen LogP contribution in [0, 0.1) is 0 Å². The lowest BCUT2D eigenvalue weighted by molar-refractivity contribution is 0.101. The third-order valence-corrected chi connectivity index (χ3v) is 1.26. The molecule has 0 aromatic carbocycles. The zero-order valence-corrected chi connectivity index (χ0v) is 5.76. The second-order valence-corrected chi connectivity index (χ2v) is 2.06. The molecule has 3 nitrogen and oxygen atoms in total. The fourth-order valence-corrected chi connectivity index (χ4v) is 0.672. The topological polar surface area (TPSA) is 56.2 Å². The minimum atomic E-state index is 0.00319. The van der Waals surface area contributed by atoms with Crippen molar-refractivity contribution >= 4 is 5.78 Å². The van der Waals surface area contributed by atoms with Gasteiger partial charge in [-0.05, 0) is 13.0 Å². The summed E-state index contributed by atoms with van der Waals surface area (Å²) in [7, 11) is 0. The molecule has 0 fully saturated rings. The van der Waals surface area contributed by atoms with Gasteiger partial charge in [-0.2, -0.15) is 0 Å². The van der Waals surface area contributed by atoms with Crippen molar-refractivity contribution in [2.75, 3.05) is 0 Å². The van der Waals surface area contributed by atoms with E-state index in [1.54, 1.807) is 6.07 Å². The number of hydrogen-bond donors (Lipinski definition) is 1. The number of rotatable bonds is 2. The number of carbonyl (C=O) groups excluding carboxylic acids is 1. The van der Waals surface area contributed by atoms with Gasteiger partial charge in [0.05, 0.1) is 12.1 Å². The quantitative estimate of drug-likeness (QED) is 0.620. The first-order valence-electron chi connectivity index (χ1n) is 3.02. The average Bonchev–Trinajstić information content (AvgIpc) is 2.34. The zero-order chi connectivity index (χ0) is 7.56. The number of ketones is 1. The Bertz CT molecular complexity index is 240. The van der Waals surface area contributed by atoms with Gasteiger partial charge < -0.3 is 10.2 Å². The highest BCUT2D eigenvalue weighted by molar-refractivity contribution is 5.93. The van der Waals surface area contributed by atoms with Gasteiger partial charge in [-0.15, -0.1) is 0 Å². The van der Waals surface area contributed by atoms with E-state index in [9.17, 15) is 4.79 Å². The summed E-state index contributed by atoms with van der Waals surface area (Å²) in [6.45, 7) is 1.83. The van der Waals surface area contributed by atoms with Crippen LogP contribution in [-0.4, -0.2) is 5.78 Å². The van der Waals surface area contributed by atoms with Crippen LogP contribution in [0.15, 0.2) is 16.7 Å². The van der Waals surface area contributed by atoms with Crippen molar-refractivity contribution in [1.82, 2.24) is 0 Å². The Balaban J connectivity index is 2.88. The molecule has 0 aliphatic heterocycles. The predicted molar refractivity (Wildman–Crippen MR) is 36.6 cm³/mol. The number of Topliss-reactive ketones (excluding diaryl/α,β-unsaturated/α-hetero) is 1. The average molecular weight is 139 g/mol. The van der Waals surface area contributed by atoms with Crippen LogP contribution in [0.4, 0.5) is 0 Å². The molecule has 54 valence electrons. The van der Waals surface area contributed by atoms with Crippen molar-refractivity contribution in [2.24, 2.45) is 5.73 Å². The first-order valence-corrected chi connectivity index (χ1v) is 3.02. The molecular formula is C7H9NO2. The molecule has 0 saturated heterocycles. The molecule has 0 atom stereocenters. The highest BCUT2D eigenvalue weighted by Crippen LogP contribution is 2.06. The van der Waals surface area contributed by atoms with E-state index in [2.05, 4.69) is 0 Å². The van der Waals surface area contributed by atoms with Gasteiger partial charge in [0, 0.05) is 0 Å². The van der Waals surface area contributed by atoms with Crippen molar-refractivity contribution in [2.45, 2.75) is 13.5 Å². The number of carbonyl (C=O) groups is 1. The van der Waals surface area contributed by atoms with Crippen LogP contribution < -0.4 is 5.73 Å². The molecule has 0 aliphatic carbocycles. The minimum Gasteiger partial charge on any atom is -0.467 e. The lowest BCUT2D eigenvalue weighted by atomic mass is 10.2. The Morgan fingerprint density at radius 1 is 1.80 bits per heavy atom. The molecule has 0 aliphatic rings. The SMILES string of the molecule is CC(=O)c1coc(CN)c1. The van der Waals surface area contributed by atoms with E-state index in [0.29, 0.717) is 17.9 Å². The molecule has 1 aromatic heterocycles. The molecule has 0 amide bonds. The van der Waals surface area contributed by atoms with Crippen LogP contribution in [0.1, 0.15) is 23.0 Å². The van der Waals surface area contributed by atoms with Crippen molar-refractivity contribution < 1.29 is 9.21 Å². The molecule has 2 N–H and O–H groups in total. The summed E-state index contributed by atoms with van der Waals surface area (Å²) in [6.07, 6.45) is 1.42. The molecule has 1 rings (SSSR count). The van der Waals surface area contributed by atoms with Crippen LogP contribution in [0.25, 0.3) is 0 Å². The Morgan fingerprint density at radius 3 is 2.80 bits per heavy atom. The van der Waals surface area contributed by atoms with Crippen molar-refractivity contribution in [3.63, 3.8) is 0 Å². The largest absolute Gasteiger partial charge is 0.467 e. The van der Waals surface area contributed by atoms with Gasteiger partial charge in [-0.3, -0.25) is 4.79 Å². The first-order chi connectivity index (χ1) is 4.74. The maximum atomic E-state index is 10.7. The summed E-state index contributed by atoms with van der Waals surface area (Å²) >= 11 is 0. The summed E-state index contributed by atoms with van der Waals surface area (Å²) in [5.41, 5.74) is 5.84. The minimum absolute atomic E-state index is 0.00319. The van der Waals surface area contributed by atoms with E-state index in [1.165, 1.54) is 13.2 Å². The molecule has 10 heavy (non-hydrogen) atoms. The predicted octanol–water partition coefficient (Wildman–Crippen LogP) is 0.941. The molecule has 0 saturated carbocycles. The smallest absolute Gasteiger partial charge is 0.163 e. The summed E-state index contributed by atoms with van der Waals surface area (Å²) in [5.74, 6) is 0.647. The molecule has 0 bridgehead atoms. The molecule has 3 heteroatoms. The zero-order valence-electron chi connectivity index (χ0n) is 5.76. The number of furan rings is 1. The first kappa shape index (κ1) is 7.02. The van der Waals surface area contributed by atoms with E-state index in [-0.39, 0.29) is 5.78 Å². The van der Waals surface area contributed by atoms with Crippen LogP contribution in [0.2, 0.25) is 0 Å². The van der Waals surface area contributed by atoms with Gasteiger partial charge in [0.15, 0.2) is 5.78 Å². The summed E-state index contributed by atoms with van der Waals surface area (Å²) in [4.78, 5) is 10.7. The van der Waals surface area contributed by atoms with Gasteiger partial charge in [0.1, 0.15) is 12.0 Å². The van der Waals surface area contributed by atoms with E-state index in [4.69, 9.17) is 10.2 Å². The second-order valence-electron chi connectivity index (χ2n) is 2.06. The molecule has 1 aromatic rings. The van der Waals surface area contributed by atoms with Crippen LogP contribution in [0.3, 0.4) is 0 Å². The van der Waals surface area contributed by atoms with E-state index >= 15 is 0 Å². The van der Waals surface area contributed by atoms with E-state index in [1.807, 2.05) is 0 Å². The Hall–Kier alpha value is -1.09. The van der Waals surface area contributed by atoms with Crippen molar-refractivity contribution in [3.8, 4) is 0 Å².